The fourth-order valence-corrected chi connectivity index (χ4v) is 6.04. The first-order chi connectivity index (χ1) is 19.5. The van der Waals surface area contributed by atoms with Gasteiger partial charge in [0, 0.05) is 35.0 Å². The molecule has 4 rings (SSSR count). The van der Waals surface area contributed by atoms with Crippen LogP contribution < -0.4 is 16.0 Å². The first kappa shape index (κ1) is 30.1. The predicted octanol–water partition coefficient (Wildman–Crippen LogP) is 4.22. The smallest absolute Gasteiger partial charge is 0.290 e. The molecule has 0 saturated carbocycles. The van der Waals surface area contributed by atoms with E-state index in [4.69, 9.17) is 0 Å². The molecule has 3 N–H and O–H groups in total. The lowest BCUT2D eigenvalue weighted by atomic mass is 9.88. The number of hydrogen-bond donors (Lipinski definition) is 3. The molecule has 2 aromatic carbocycles. The molecule has 41 heavy (non-hydrogen) atoms. The molecule has 3 amide bonds. The molecule has 0 bridgehead atoms. The van der Waals surface area contributed by atoms with Gasteiger partial charge in [0.1, 0.15) is 0 Å². The molecule has 8 nitrogen and oxygen atoms in total. The number of thiophene rings is 1. The van der Waals surface area contributed by atoms with Crippen LogP contribution in [0.4, 0.5) is 0 Å². The van der Waals surface area contributed by atoms with Crippen molar-refractivity contribution in [2.75, 3.05) is 6.54 Å². The summed E-state index contributed by atoms with van der Waals surface area (Å²) in [5, 5.41) is 9.21. The zero-order valence-electron chi connectivity index (χ0n) is 23.7. The molecular weight excluding hydrogens is 538 g/mol. The number of benzene rings is 2. The van der Waals surface area contributed by atoms with E-state index in [1.165, 1.54) is 11.3 Å². The number of amides is 3. The molecule has 1 saturated heterocycles. The highest BCUT2D eigenvalue weighted by atomic mass is 32.1. The largest absolute Gasteiger partial charge is 0.356 e. The quantitative estimate of drug-likeness (QED) is 0.234. The van der Waals surface area contributed by atoms with Crippen molar-refractivity contribution in [1.82, 2.24) is 16.0 Å². The van der Waals surface area contributed by atoms with E-state index in [1.807, 2.05) is 60.7 Å². The Bertz CT molecular complexity index is 1390. The van der Waals surface area contributed by atoms with Crippen molar-refractivity contribution in [1.29, 1.82) is 0 Å². The molecule has 3 atom stereocenters. The number of Topliss-reactive ketones (excluding diaryl/α,β-unsaturated/α-hetero) is 2. The molecule has 1 fully saturated rings. The average Bonchev–Trinajstić information content (AvgIpc) is 3.37. The van der Waals surface area contributed by atoms with E-state index in [0.29, 0.717) is 17.8 Å². The van der Waals surface area contributed by atoms with Gasteiger partial charge < -0.3 is 16.0 Å². The Morgan fingerprint density at radius 3 is 2.41 bits per heavy atom. The van der Waals surface area contributed by atoms with Crippen molar-refractivity contribution < 1.29 is 24.0 Å². The zero-order valence-corrected chi connectivity index (χ0v) is 24.5. The number of rotatable bonds is 11. The van der Waals surface area contributed by atoms with Gasteiger partial charge in [-0.05, 0) is 69.5 Å². The minimum atomic E-state index is -1.20. The van der Waals surface area contributed by atoms with Gasteiger partial charge in [-0.3, -0.25) is 24.0 Å². The minimum Gasteiger partial charge on any atom is -0.356 e. The maximum absolute atomic E-state index is 13.8. The van der Waals surface area contributed by atoms with Crippen LogP contribution in [0.15, 0.2) is 60.7 Å². The Hall–Kier alpha value is -3.85. The van der Waals surface area contributed by atoms with Gasteiger partial charge in [-0.1, -0.05) is 48.5 Å². The maximum Gasteiger partial charge on any atom is 0.290 e. The molecule has 3 aromatic rings. The van der Waals surface area contributed by atoms with E-state index < -0.39 is 41.0 Å². The van der Waals surface area contributed by atoms with Crippen molar-refractivity contribution in [3.63, 3.8) is 0 Å². The number of fused-ring (bicyclic) bond motifs is 1. The number of nitrogens with one attached hydrogen (secondary N) is 3. The normalized spacial score (nSPS) is 16.9. The van der Waals surface area contributed by atoms with Crippen LogP contribution in [0.1, 0.15) is 61.7 Å². The molecule has 2 heterocycles. The molecule has 0 radical (unpaired) electrons. The number of hydrogen-bond acceptors (Lipinski definition) is 6. The molecule has 9 heteroatoms. The monoisotopic (exact) mass is 575 g/mol. The number of piperidine rings is 1. The second-order valence-corrected chi connectivity index (χ2v) is 12.7. The predicted molar refractivity (Wildman–Crippen MR) is 160 cm³/mol. The summed E-state index contributed by atoms with van der Waals surface area (Å²) < 4.78 is 0.987. The van der Waals surface area contributed by atoms with Gasteiger partial charge in [0.25, 0.3) is 5.91 Å². The van der Waals surface area contributed by atoms with E-state index in [2.05, 4.69) is 16.0 Å². The lowest BCUT2D eigenvalue weighted by Crippen LogP contribution is -2.54. The second kappa shape index (κ2) is 13.2. The molecule has 0 spiro atoms. The zero-order chi connectivity index (χ0) is 29.6. The van der Waals surface area contributed by atoms with Crippen LogP contribution >= 0.6 is 11.3 Å². The molecular formula is C32H37N3O5S. The molecule has 0 unspecified atom stereocenters. The number of carbonyl (C=O) groups excluding carboxylic acids is 5. The van der Waals surface area contributed by atoms with E-state index in [0.717, 1.165) is 22.1 Å². The van der Waals surface area contributed by atoms with Crippen molar-refractivity contribution in [2.24, 2.45) is 11.8 Å². The van der Waals surface area contributed by atoms with Gasteiger partial charge >= 0.3 is 0 Å². The number of carbonyl (C=O) groups is 5. The van der Waals surface area contributed by atoms with E-state index in [9.17, 15) is 24.0 Å². The summed E-state index contributed by atoms with van der Waals surface area (Å²) in [5.41, 5.74) is 0.215. The molecule has 1 aliphatic rings. The van der Waals surface area contributed by atoms with Crippen molar-refractivity contribution >= 4 is 50.7 Å². The Morgan fingerprint density at radius 2 is 1.73 bits per heavy atom. The summed E-state index contributed by atoms with van der Waals surface area (Å²) in [4.78, 5) is 66.5. The summed E-state index contributed by atoms with van der Waals surface area (Å²) in [6.45, 7) is 5.84. The van der Waals surface area contributed by atoms with Crippen LogP contribution in [-0.4, -0.2) is 47.4 Å². The topological polar surface area (TPSA) is 121 Å². The third kappa shape index (κ3) is 8.33. The molecule has 216 valence electrons. The Balaban J connectivity index is 1.57. The first-order valence-corrected chi connectivity index (χ1v) is 14.8. The first-order valence-electron chi connectivity index (χ1n) is 14.0. The molecule has 1 aromatic heterocycles. The van der Waals surface area contributed by atoms with Crippen molar-refractivity contribution in [3.05, 3.63) is 71.1 Å². The van der Waals surface area contributed by atoms with Crippen LogP contribution in [0.5, 0.6) is 0 Å². The Kier molecular flexibility index (Phi) is 9.70. The Labute approximate surface area is 244 Å². The van der Waals surface area contributed by atoms with Crippen LogP contribution in [-0.2, 0) is 25.6 Å². The third-order valence-electron chi connectivity index (χ3n) is 7.09. The van der Waals surface area contributed by atoms with E-state index in [-0.39, 0.29) is 31.0 Å². The van der Waals surface area contributed by atoms with Crippen LogP contribution in [0.25, 0.3) is 10.1 Å². The summed E-state index contributed by atoms with van der Waals surface area (Å²) in [6, 6.07) is 17.7. The number of ketones is 2. The van der Waals surface area contributed by atoms with Crippen LogP contribution in [0, 0.1) is 11.8 Å². The Morgan fingerprint density at radius 1 is 1.02 bits per heavy atom. The lowest BCUT2D eigenvalue weighted by Gasteiger charge is -2.28. The lowest BCUT2D eigenvalue weighted by molar-refractivity contribution is -0.142. The minimum absolute atomic E-state index is 0.0102. The molecule has 0 aliphatic carbocycles. The summed E-state index contributed by atoms with van der Waals surface area (Å²) in [7, 11) is 0. The van der Waals surface area contributed by atoms with Crippen LogP contribution in [0.3, 0.4) is 0 Å². The van der Waals surface area contributed by atoms with Gasteiger partial charge in [0.05, 0.1) is 10.9 Å². The summed E-state index contributed by atoms with van der Waals surface area (Å²) in [6.07, 6.45) is 1.54. The maximum atomic E-state index is 13.8. The van der Waals surface area contributed by atoms with Crippen LogP contribution in [0.2, 0.25) is 0 Å². The average molecular weight is 576 g/mol. The molecule has 1 aliphatic heterocycles. The summed E-state index contributed by atoms with van der Waals surface area (Å²) >= 11 is 1.38. The highest BCUT2D eigenvalue weighted by Crippen LogP contribution is 2.28. The van der Waals surface area contributed by atoms with E-state index in [1.54, 1.807) is 20.8 Å². The third-order valence-corrected chi connectivity index (χ3v) is 8.25. The highest BCUT2D eigenvalue weighted by molar-refractivity contribution is 7.20. The van der Waals surface area contributed by atoms with Crippen molar-refractivity contribution in [3.8, 4) is 0 Å². The van der Waals surface area contributed by atoms with Gasteiger partial charge in [-0.15, -0.1) is 11.3 Å². The van der Waals surface area contributed by atoms with Gasteiger partial charge in [0.2, 0.25) is 17.6 Å². The second-order valence-electron chi connectivity index (χ2n) is 11.7. The van der Waals surface area contributed by atoms with E-state index >= 15 is 0 Å². The standard InChI is InChI=1S/C32H37N3O5S/c1-32(2,3)35-31(40)28(37)24(17-22-13-9-15-33-29(22)38)34-30(39)23(16-20-10-5-4-6-11-20)18-25(36)27-19-21-12-7-8-14-26(21)41-27/h4-8,10-12,14,19,22-24H,9,13,15-18H2,1-3H3,(H,33,38)(H,34,39)(H,35,40)/t22-,23+,24-/m0/s1. The summed E-state index contributed by atoms with van der Waals surface area (Å²) in [5.74, 6) is -3.77. The SMILES string of the molecule is CC(C)(C)NC(=O)C(=O)[C@H](C[C@@H]1CCCNC1=O)NC(=O)[C@@H](CC(=O)c1cc2ccccc2s1)Cc1ccccc1. The van der Waals surface area contributed by atoms with Gasteiger partial charge in [-0.2, -0.15) is 0 Å². The van der Waals surface area contributed by atoms with Crippen molar-refractivity contribution in [2.45, 2.75) is 64.5 Å². The fraction of sp³-hybridized carbons (Fsp3) is 0.406. The van der Waals surface area contributed by atoms with Gasteiger partial charge in [0.15, 0.2) is 5.78 Å². The highest BCUT2D eigenvalue weighted by Gasteiger charge is 2.36. The van der Waals surface area contributed by atoms with Gasteiger partial charge in [-0.25, -0.2) is 0 Å². The fourth-order valence-electron chi connectivity index (χ4n) is 5.03.